The van der Waals surface area contributed by atoms with E-state index in [2.05, 4.69) is 10.5 Å². The van der Waals surface area contributed by atoms with Crippen LogP contribution in [0.4, 0.5) is 5.69 Å². The summed E-state index contributed by atoms with van der Waals surface area (Å²) < 4.78 is 5.02. The number of anilines is 1. The molecule has 0 aliphatic rings. The van der Waals surface area contributed by atoms with Gasteiger partial charge < -0.3 is 9.84 Å². The predicted octanol–water partition coefficient (Wildman–Crippen LogP) is 3.36. The SMILES string of the molecule is Cc1ccc(NC(=O)c2cc(C(C)C)no2)cc1. The lowest BCUT2D eigenvalue weighted by Crippen LogP contribution is -2.10. The maximum absolute atomic E-state index is 11.9. The zero-order valence-corrected chi connectivity index (χ0v) is 10.7. The highest BCUT2D eigenvalue weighted by atomic mass is 16.5. The van der Waals surface area contributed by atoms with E-state index in [1.165, 1.54) is 0 Å². The number of hydrogen-bond acceptors (Lipinski definition) is 3. The second kappa shape index (κ2) is 5.04. The Morgan fingerprint density at radius 1 is 1.28 bits per heavy atom. The molecule has 1 N–H and O–H groups in total. The first kappa shape index (κ1) is 12.4. The Morgan fingerprint density at radius 2 is 1.94 bits per heavy atom. The number of hydrogen-bond donors (Lipinski definition) is 1. The molecule has 1 aromatic heterocycles. The Bertz CT molecular complexity index is 541. The maximum Gasteiger partial charge on any atom is 0.294 e. The summed E-state index contributed by atoms with van der Waals surface area (Å²) in [6, 6.07) is 9.26. The molecule has 0 fully saturated rings. The number of amides is 1. The van der Waals surface area contributed by atoms with Crippen LogP contribution in [-0.4, -0.2) is 11.1 Å². The number of nitrogens with zero attached hydrogens (tertiary/aromatic N) is 1. The van der Waals surface area contributed by atoms with Gasteiger partial charge in [-0.15, -0.1) is 0 Å². The normalized spacial score (nSPS) is 10.7. The number of carbonyl (C=O) groups is 1. The average molecular weight is 244 g/mol. The van der Waals surface area contributed by atoms with Gasteiger partial charge in [-0.05, 0) is 25.0 Å². The van der Waals surface area contributed by atoms with E-state index in [4.69, 9.17) is 4.52 Å². The van der Waals surface area contributed by atoms with Crippen molar-refractivity contribution in [3.63, 3.8) is 0 Å². The number of rotatable bonds is 3. The third-order valence-electron chi connectivity index (χ3n) is 2.65. The topological polar surface area (TPSA) is 55.1 Å². The van der Waals surface area contributed by atoms with Gasteiger partial charge in [-0.3, -0.25) is 4.79 Å². The minimum atomic E-state index is -0.279. The van der Waals surface area contributed by atoms with Crippen LogP contribution in [0, 0.1) is 6.92 Å². The van der Waals surface area contributed by atoms with Crippen LogP contribution in [0.3, 0.4) is 0 Å². The smallest absolute Gasteiger partial charge is 0.294 e. The predicted molar refractivity (Wildman–Crippen MR) is 69.7 cm³/mol. The fourth-order valence-electron chi connectivity index (χ4n) is 1.50. The summed E-state index contributed by atoms with van der Waals surface area (Å²) in [7, 11) is 0. The van der Waals surface area contributed by atoms with Crippen molar-refractivity contribution in [2.45, 2.75) is 26.7 Å². The van der Waals surface area contributed by atoms with Crippen molar-refractivity contribution in [2.24, 2.45) is 0 Å². The first-order chi connectivity index (χ1) is 8.56. The lowest BCUT2D eigenvalue weighted by molar-refractivity contribution is 0.0988. The molecule has 2 aromatic rings. The Kier molecular flexibility index (Phi) is 3.46. The van der Waals surface area contributed by atoms with Crippen LogP contribution in [0.25, 0.3) is 0 Å². The molecular formula is C14H16N2O2. The summed E-state index contributed by atoms with van der Waals surface area (Å²) >= 11 is 0. The molecule has 0 saturated carbocycles. The van der Waals surface area contributed by atoms with Crippen molar-refractivity contribution in [2.75, 3.05) is 5.32 Å². The fourth-order valence-corrected chi connectivity index (χ4v) is 1.50. The van der Waals surface area contributed by atoms with E-state index >= 15 is 0 Å². The molecule has 0 aliphatic carbocycles. The zero-order chi connectivity index (χ0) is 13.1. The van der Waals surface area contributed by atoms with Gasteiger partial charge in [0.05, 0.1) is 5.69 Å². The summed E-state index contributed by atoms with van der Waals surface area (Å²) in [5, 5.41) is 6.62. The number of nitrogens with one attached hydrogen (secondary N) is 1. The highest BCUT2D eigenvalue weighted by molar-refractivity contribution is 6.02. The van der Waals surface area contributed by atoms with Crippen molar-refractivity contribution >= 4 is 11.6 Å². The van der Waals surface area contributed by atoms with E-state index in [1.807, 2.05) is 45.0 Å². The van der Waals surface area contributed by atoms with Gasteiger partial charge in [-0.2, -0.15) is 0 Å². The molecular weight excluding hydrogens is 228 g/mol. The summed E-state index contributed by atoms with van der Waals surface area (Å²) in [4.78, 5) is 11.9. The Hall–Kier alpha value is -2.10. The molecule has 0 bridgehead atoms. The molecule has 0 atom stereocenters. The first-order valence-electron chi connectivity index (χ1n) is 5.91. The summed E-state index contributed by atoms with van der Waals surface area (Å²) in [5.41, 5.74) is 2.67. The van der Waals surface area contributed by atoms with Crippen molar-refractivity contribution in [1.82, 2.24) is 5.16 Å². The van der Waals surface area contributed by atoms with E-state index in [9.17, 15) is 4.79 Å². The van der Waals surface area contributed by atoms with Crippen LogP contribution in [0.15, 0.2) is 34.9 Å². The van der Waals surface area contributed by atoms with E-state index in [1.54, 1.807) is 6.07 Å². The molecule has 0 saturated heterocycles. The molecule has 0 radical (unpaired) electrons. The standard InChI is InChI=1S/C14H16N2O2/c1-9(2)12-8-13(18-16-12)14(17)15-11-6-4-10(3)5-7-11/h4-9H,1-3H3,(H,15,17). The van der Waals surface area contributed by atoms with Gasteiger partial charge in [0, 0.05) is 11.8 Å². The van der Waals surface area contributed by atoms with Crippen LogP contribution in [0.5, 0.6) is 0 Å². The molecule has 4 nitrogen and oxygen atoms in total. The number of benzene rings is 1. The van der Waals surface area contributed by atoms with Crippen molar-refractivity contribution in [3.05, 3.63) is 47.3 Å². The van der Waals surface area contributed by atoms with Gasteiger partial charge in [0.25, 0.3) is 5.91 Å². The van der Waals surface area contributed by atoms with Crippen LogP contribution < -0.4 is 5.32 Å². The van der Waals surface area contributed by atoms with E-state index in [0.29, 0.717) is 0 Å². The van der Waals surface area contributed by atoms with Gasteiger partial charge in [-0.1, -0.05) is 36.7 Å². The van der Waals surface area contributed by atoms with Gasteiger partial charge in [0.1, 0.15) is 0 Å². The minimum Gasteiger partial charge on any atom is -0.351 e. The van der Waals surface area contributed by atoms with Crippen LogP contribution in [-0.2, 0) is 0 Å². The van der Waals surface area contributed by atoms with Crippen LogP contribution in [0.1, 0.15) is 41.6 Å². The maximum atomic E-state index is 11.9. The summed E-state index contributed by atoms with van der Waals surface area (Å²) in [6.07, 6.45) is 0. The molecule has 1 amide bonds. The summed E-state index contributed by atoms with van der Waals surface area (Å²) in [5.74, 6) is 0.201. The quantitative estimate of drug-likeness (QED) is 0.900. The lowest BCUT2D eigenvalue weighted by Gasteiger charge is -2.02. The molecule has 4 heteroatoms. The average Bonchev–Trinajstić information content (AvgIpc) is 2.81. The van der Waals surface area contributed by atoms with Crippen LogP contribution in [0.2, 0.25) is 0 Å². The monoisotopic (exact) mass is 244 g/mol. The number of carbonyl (C=O) groups excluding carboxylic acids is 1. The first-order valence-corrected chi connectivity index (χ1v) is 5.91. The Morgan fingerprint density at radius 3 is 2.50 bits per heavy atom. The van der Waals surface area contributed by atoms with Gasteiger partial charge in [0.2, 0.25) is 5.76 Å². The highest BCUT2D eigenvalue weighted by Crippen LogP contribution is 2.16. The van der Waals surface area contributed by atoms with Gasteiger partial charge >= 0.3 is 0 Å². The zero-order valence-electron chi connectivity index (χ0n) is 10.7. The molecule has 1 aromatic carbocycles. The minimum absolute atomic E-state index is 0.235. The van der Waals surface area contributed by atoms with E-state index < -0.39 is 0 Å². The third-order valence-corrected chi connectivity index (χ3v) is 2.65. The molecule has 94 valence electrons. The van der Waals surface area contributed by atoms with Crippen molar-refractivity contribution in [1.29, 1.82) is 0 Å². The number of aryl methyl sites for hydroxylation is 1. The van der Waals surface area contributed by atoms with Gasteiger partial charge in [-0.25, -0.2) is 0 Å². The van der Waals surface area contributed by atoms with Gasteiger partial charge in [0.15, 0.2) is 0 Å². The highest BCUT2D eigenvalue weighted by Gasteiger charge is 2.14. The number of aromatic nitrogens is 1. The molecule has 0 unspecified atom stereocenters. The molecule has 0 aliphatic heterocycles. The third kappa shape index (κ3) is 2.77. The molecule has 1 heterocycles. The Labute approximate surface area is 106 Å². The van der Waals surface area contributed by atoms with Crippen molar-refractivity contribution in [3.8, 4) is 0 Å². The lowest BCUT2D eigenvalue weighted by atomic mass is 10.1. The van der Waals surface area contributed by atoms with Crippen molar-refractivity contribution < 1.29 is 9.32 Å². The van der Waals surface area contributed by atoms with Crippen LogP contribution >= 0.6 is 0 Å². The Balaban J connectivity index is 2.09. The molecule has 0 spiro atoms. The second-order valence-electron chi connectivity index (χ2n) is 4.59. The summed E-state index contributed by atoms with van der Waals surface area (Å²) in [6.45, 7) is 6.00. The second-order valence-corrected chi connectivity index (χ2v) is 4.59. The van der Waals surface area contributed by atoms with E-state index in [-0.39, 0.29) is 17.6 Å². The molecule has 2 rings (SSSR count). The largest absolute Gasteiger partial charge is 0.351 e. The molecule has 18 heavy (non-hydrogen) atoms. The fraction of sp³-hybridized carbons (Fsp3) is 0.286. The van der Waals surface area contributed by atoms with E-state index in [0.717, 1.165) is 16.9 Å².